The molecule has 1 heterocycles. The average Bonchev–Trinajstić information content (AvgIpc) is 2.65. The number of rotatable bonds is 3. The summed E-state index contributed by atoms with van der Waals surface area (Å²) in [5.41, 5.74) is 5.20. The maximum atomic E-state index is 13.0. The normalized spacial score (nSPS) is 15.7. The number of hydrogen-bond donors (Lipinski definition) is 0. The lowest BCUT2D eigenvalue weighted by atomic mass is 9.89. The molecule has 2 aromatic carbocycles. The minimum atomic E-state index is 0.152. The Kier molecular flexibility index (Phi) is 5.32. The highest BCUT2D eigenvalue weighted by molar-refractivity contribution is 5.96. The molecule has 0 bridgehead atoms. The number of benzene rings is 2. The number of aryl methyl sites for hydroxylation is 2. The molecular weight excluding hydrogens is 308 g/mol. The monoisotopic (exact) mass is 334 g/mol. The number of carbonyl (C=O) groups is 1. The number of amides is 1. The molecule has 2 aromatic rings. The first kappa shape index (κ1) is 17.4. The van der Waals surface area contributed by atoms with Gasteiger partial charge in [-0.05, 0) is 68.4 Å². The first-order chi connectivity index (χ1) is 12.1. The Morgan fingerprint density at radius 3 is 2.40 bits per heavy atom. The van der Waals surface area contributed by atoms with E-state index in [4.69, 9.17) is 0 Å². The molecule has 1 fully saturated rings. The molecule has 1 aliphatic heterocycles. The number of nitrogens with zero attached hydrogens (tertiary/aromatic N) is 2. The first-order valence-corrected chi connectivity index (χ1v) is 9.04. The molecule has 0 saturated carbocycles. The molecule has 3 nitrogen and oxygen atoms in total. The zero-order valence-electron chi connectivity index (χ0n) is 15.3. The molecule has 1 saturated heterocycles. The minimum absolute atomic E-state index is 0.152. The van der Waals surface area contributed by atoms with Crippen LogP contribution in [-0.4, -0.2) is 30.1 Å². The summed E-state index contributed by atoms with van der Waals surface area (Å²) in [5.74, 6) is 0.716. The molecule has 0 unspecified atom stereocenters. The van der Waals surface area contributed by atoms with Crippen molar-refractivity contribution >= 4 is 17.8 Å². The van der Waals surface area contributed by atoms with Crippen molar-refractivity contribution in [1.82, 2.24) is 4.90 Å². The van der Waals surface area contributed by atoms with Crippen molar-refractivity contribution in [2.24, 2.45) is 4.99 Å². The predicted molar refractivity (Wildman–Crippen MR) is 104 cm³/mol. The number of likely N-dealkylation sites (tertiary alicyclic amines) is 1. The molecule has 1 amide bonds. The van der Waals surface area contributed by atoms with Gasteiger partial charge >= 0.3 is 0 Å². The standard InChI is InChI=1S/C22H26N2O/c1-4-23-21-15-16(2)20(14-17(21)3)22(25)24-12-10-19(11-13-24)18-8-6-5-7-9-18/h4-9,14-15,19H,10-13H2,1-3H3. The van der Waals surface area contributed by atoms with Crippen LogP contribution >= 0.6 is 0 Å². The van der Waals surface area contributed by atoms with Gasteiger partial charge in [0.05, 0.1) is 5.69 Å². The molecule has 0 aromatic heterocycles. The van der Waals surface area contributed by atoms with Crippen molar-refractivity contribution in [1.29, 1.82) is 0 Å². The van der Waals surface area contributed by atoms with Crippen LogP contribution in [0.2, 0.25) is 0 Å². The Morgan fingerprint density at radius 2 is 1.76 bits per heavy atom. The lowest BCUT2D eigenvalue weighted by Crippen LogP contribution is -2.38. The molecular formula is C22H26N2O. The quantitative estimate of drug-likeness (QED) is 0.723. The summed E-state index contributed by atoms with van der Waals surface area (Å²) >= 11 is 0. The van der Waals surface area contributed by atoms with E-state index >= 15 is 0 Å². The second-order valence-electron chi connectivity index (χ2n) is 6.82. The Hall–Kier alpha value is -2.42. The molecule has 0 aliphatic carbocycles. The van der Waals surface area contributed by atoms with E-state index in [1.165, 1.54) is 5.56 Å². The Balaban J connectivity index is 1.72. The molecule has 1 aliphatic rings. The van der Waals surface area contributed by atoms with Crippen LogP contribution in [0.15, 0.2) is 47.5 Å². The van der Waals surface area contributed by atoms with E-state index in [-0.39, 0.29) is 5.91 Å². The number of piperidine rings is 1. The first-order valence-electron chi connectivity index (χ1n) is 9.04. The summed E-state index contributed by atoms with van der Waals surface area (Å²) in [6, 6.07) is 14.6. The summed E-state index contributed by atoms with van der Waals surface area (Å²) < 4.78 is 0. The van der Waals surface area contributed by atoms with Crippen molar-refractivity contribution in [3.63, 3.8) is 0 Å². The van der Waals surface area contributed by atoms with Crippen LogP contribution in [-0.2, 0) is 0 Å². The maximum Gasteiger partial charge on any atom is 0.254 e. The smallest absolute Gasteiger partial charge is 0.254 e. The zero-order valence-corrected chi connectivity index (χ0v) is 15.3. The van der Waals surface area contributed by atoms with Gasteiger partial charge in [0.2, 0.25) is 0 Å². The fourth-order valence-electron chi connectivity index (χ4n) is 3.62. The molecule has 0 N–H and O–H groups in total. The van der Waals surface area contributed by atoms with Crippen molar-refractivity contribution < 1.29 is 4.79 Å². The van der Waals surface area contributed by atoms with Crippen LogP contribution in [0.4, 0.5) is 5.69 Å². The number of aliphatic imine (C=N–C) groups is 1. The van der Waals surface area contributed by atoms with Gasteiger partial charge in [0, 0.05) is 24.9 Å². The average molecular weight is 334 g/mol. The Bertz CT molecular complexity index is 772. The van der Waals surface area contributed by atoms with Gasteiger partial charge in [0.15, 0.2) is 0 Å². The molecule has 3 rings (SSSR count). The summed E-state index contributed by atoms with van der Waals surface area (Å²) in [7, 11) is 0. The van der Waals surface area contributed by atoms with Gasteiger partial charge in [0.25, 0.3) is 5.91 Å². The lowest BCUT2D eigenvalue weighted by Gasteiger charge is -2.32. The van der Waals surface area contributed by atoms with E-state index in [0.717, 1.165) is 48.3 Å². The highest BCUT2D eigenvalue weighted by Gasteiger charge is 2.25. The van der Waals surface area contributed by atoms with E-state index in [1.807, 2.05) is 37.8 Å². The number of hydrogen-bond acceptors (Lipinski definition) is 2. The van der Waals surface area contributed by atoms with E-state index < -0.39 is 0 Å². The van der Waals surface area contributed by atoms with Gasteiger partial charge in [-0.15, -0.1) is 0 Å². The highest BCUT2D eigenvalue weighted by atomic mass is 16.2. The van der Waals surface area contributed by atoms with Crippen LogP contribution in [0.5, 0.6) is 0 Å². The second kappa shape index (κ2) is 7.64. The fourth-order valence-corrected chi connectivity index (χ4v) is 3.62. The van der Waals surface area contributed by atoms with Gasteiger partial charge in [-0.3, -0.25) is 9.79 Å². The van der Waals surface area contributed by atoms with Gasteiger partial charge in [0.1, 0.15) is 0 Å². The van der Waals surface area contributed by atoms with Crippen molar-refractivity contribution in [3.05, 3.63) is 64.7 Å². The van der Waals surface area contributed by atoms with E-state index in [2.05, 4.69) is 35.3 Å². The number of carbonyl (C=O) groups excluding carboxylic acids is 1. The maximum absolute atomic E-state index is 13.0. The van der Waals surface area contributed by atoms with E-state index in [9.17, 15) is 4.79 Å². The van der Waals surface area contributed by atoms with Gasteiger partial charge in [-0.1, -0.05) is 30.3 Å². The minimum Gasteiger partial charge on any atom is -0.339 e. The highest BCUT2D eigenvalue weighted by Crippen LogP contribution is 2.30. The van der Waals surface area contributed by atoms with E-state index in [1.54, 1.807) is 6.21 Å². The summed E-state index contributed by atoms with van der Waals surface area (Å²) in [6.45, 7) is 7.57. The third-order valence-corrected chi connectivity index (χ3v) is 5.09. The molecule has 130 valence electrons. The third-order valence-electron chi connectivity index (χ3n) is 5.09. The molecule has 0 spiro atoms. The summed E-state index contributed by atoms with van der Waals surface area (Å²) in [4.78, 5) is 19.4. The topological polar surface area (TPSA) is 32.7 Å². The Labute approximate surface area is 150 Å². The lowest BCUT2D eigenvalue weighted by molar-refractivity contribution is 0.0712. The zero-order chi connectivity index (χ0) is 17.8. The fraction of sp³-hybridized carbons (Fsp3) is 0.364. The second-order valence-corrected chi connectivity index (χ2v) is 6.82. The molecule has 0 radical (unpaired) electrons. The largest absolute Gasteiger partial charge is 0.339 e. The third kappa shape index (κ3) is 3.81. The summed E-state index contributed by atoms with van der Waals surface area (Å²) in [6.07, 6.45) is 3.86. The van der Waals surface area contributed by atoms with Crippen LogP contribution < -0.4 is 0 Å². The van der Waals surface area contributed by atoms with Crippen LogP contribution in [0.25, 0.3) is 0 Å². The summed E-state index contributed by atoms with van der Waals surface area (Å²) in [5, 5.41) is 0. The Morgan fingerprint density at radius 1 is 1.08 bits per heavy atom. The molecule has 3 heteroatoms. The van der Waals surface area contributed by atoms with Crippen LogP contribution in [0.3, 0.4) is 0 Å². The predicted octanol–water partition coefficient (Wildman–Crippen LogP) is 5.05. The SMILES string of the molecule is CC=Nc1cc(C)c(C(=O)N2CCC(c3ccccc3)CC2)cc1C. The van der Waals surface area contributed by atoms with Gasteiger partial charge < -0.3 is 4.90 Å². The van der Waals surface area contributed by atoms with Crippen molar-refractivity contribution in [3.8, 4) is 0 Å². The van der Waals surface area contributed by atoms with Crippen LogP contribution in [0.1, 0.15) is 52.7 Å². The van der Waals surface area contributed by atoms with Gasteiger partial charge in [-0.2, -0.15) is 0 Å². The van der Waals surface area contributed by atoms with Crippen molar-refractivity contribution in [2.75, 3.05) is 13.1 Å². The van der Waals surface area contributed by atoms with Crippen molar-refractivity contribution in [2.45, 2.75) is 39.5 Å². The van der Waals surface area contributed by atoms with Gasteiger partial charge in [-0.25, -0.2) is 0 Å². The molecule has 0 atom stereocenters. The van der Waals surface area contributed by atoms with Crippen LogP contribution in [0, 0.1) is 13.8 Å². The molecule has 25 heavy (non-hydrogen) atoms. The van der Waals surface area contributed by atoms with E-state index in [0.29, 0.717) is 5.92 Å².